The molecule has 2 aromatic rings. The second kappa shape index (κ2) is 4.70. The highest BCUT2D eigenvalue weighted by Gasteiger charge is 2.09. The zero-order valence-corrected chi connectivity index (χ0v) is 10.4. The van der Waals surface area contributed by atoms with E-state index in [1.54, 1.807) is 18.2 Å². The first-order valence-corrected chi connectivity index (χ1v) is 5.69. The van der Waals surface area contributed by atoms with Crippen LogP contribution in [-0.4, -0.2) is 16.2 Å². The van der Waals surface area contributed by atoms with Crippen molar-refractivity contribution in [1.82, 2.24) is 0 Å². The summed E-state index contributed by atoms with van der Waals surface area (Å²) in [5.41, 5.74) is 2.48. The fourth-order valence-electron chi connectivity index (χ4n) is 1.84. The third-order valence-electron chi connectivity index (χ3n) is 2.66. The van der Waals surface area contributed by atoms with Crippen LogP contribution < -0.4 is 0 Å². The van der Waals surface area contributed by atoms with E-state index in [1.165, 1.54) is 18.2 Å². The first kappa shape index (κ1) is 12.5. The Kier molecular flexibility index (Phi) is 3.26. The van der Waals surface area contributed by atoms with Crippen molar-refractivity contribution in [3.8, 4) is 16.9 Å². The van der Waals surface area contributed by atoms with Gasteiger partial charge in [-0.25, -0.2) is 4.79 Å². The van der Waals surface area contributed by atoms with E-state index in [1.807, 2.05) is 6.92 Å². The van der Waals surface area contributed by atoms with Gasteiger partial charge in [-0.3, -0.25) is 0 Å². The van der Waals surface area contributed by atoms with Crippen molar-refractivity contribution in [1.29, 1.82) is 0 Å². The number of carboxylic acids is 1. The van der Waals surface area contributed by atoms with E-state index in [0.29, 0.717) is 10.6 Å². The van der Waals surface area contributed by atoms with E-state index in [2.05, 4.69) is 0 Å². The van der Waals surface area contributed by atoms with Gasteiger partial charge in [0.15, 0.2) is 0 Å². The summed E-state index contributed by atoms with van der Waals surface area (Å²) in [4.78, 5) is 10.9. The second-order valence-corrected chi connectivity index (χ2v) is 4.47. The number of aromatic carboxylic acids is 1. The molecule has 0 spiro atoms. The van der Waals surface area contributed by atoms with E-state index in [4.69, 9.17) is 16.7 Å². The van der Waals surface area contributed by atoms with Gasteiger partial charge < -0.3 is 10.2 Å². The van der Waals surface area contributed by atoms with Gasteiger partial charge in [0, 0.05) is 5.02 Å². The molecule has 4 heteroatoms. The Morgan fingerprint density at radius 2 is 1.89 bits per heavy atom. The summed E-state index contributed by atoms with van der Waals surface area (Å²) in [6.07, 6.45) is 0. The highest BCUT2D eigenvalue weighted by Crippen LogP contribution is 2.29. The van der Waals surface area contributed by atoms with Crippen LogP contribution in [0.25, 0.3) is 11.1 Å². The number of hydrogen-bond acceptors (Lipinski definition) is 2. The molecule has 0 fully saturated rings. The van der Waals surface area contributed by atoms with Crippen LogP contribution in [-0.2, 0) is 0 Å². The quantitative estimate of drug-likeness (QED) is 0.867. The second-order valence-electron chi connectivity index (χ2n) is 4.03. The average Bonchev–Trinajstić information content (AvgIpc) is 2.27. The number of aromatic hydroxyl groups is 1. The summed E-state index contributed by atoms with van der Waals surface area (Å²) in [6.45, 7) is 1.88. The van der Waals surface area contributed by atoms with E-state index < -0.39 is 5.97 Å². The van der Waals surface area contributed by atoms with Gasteiger partial charge in [-0.1, -0.05) is 17.7 Å². The van der Waals surface area contributed by atoms with Crippen molar-refractivity contribution in [3.63, 3.8) is 0 Å². The molecule has 0 aliphatic carbocycles. The monoisotopic (exact) mass is 262 g/mol. The maximum atomic E-state index is 10.9. The van der Waals surface area contributed by atoms with Crippen molar-refractivity contribution >= 4 is 17.6 Å². The molecule has 92 valence electrons. The SMILES string of the molecule is Cc1cc(Cl)ccc1-c1cc(O)cc(C(=O)O)c1. The zero-order valence-electron chi connectivity index (χ0n) is 9.64. The minimum Gasteiger partial charge on any atom is -0.508 e. The van der Waals surface area contributed by atoms with Crippen LogP contribution in [0.4, 0.5) is 0 Å². The molecule has 0 saturated carbocycles. The van der Waals surface area contributed by atoms with Crippen LogP contribution in [0.1, 0.15) is 15.9 Å². The first-order valence-electron chi connectivity index (χ1n) is 5.31. The Balaban J connectivity index is 2.60. The molecule has 0 unspecified atom stereocenters. The van der Waals surface area contributed by atoms with Gasteiger partial charge in [0.05, 0.1) is 5.56 Å². The smallest absolute Gasteiger partial charge is 0.335 e. The summed E-state index contributed by atoms with van der Waals surface area (Å²) in [7, 11) is 0. The number of aryl methyl sites for hydroxylation is 1. The highest BCUT2D eigenvalue weighted by molar-refractivity contribution is 6.30. The molecule has 0 aliphatic heterocycles. The number of benzene rings is 2. The summed E-state index contributed by atoms with van der Waals surface area (Å²) in [5.74, 6) is -1.14. The number of carboxylic acid groups (broad SMARTS) is 1. The molecule has 0 aliphatic rings. The molecule has 3 nitrogen and oxygen atoms in total. The Morgan fingerprint density at radius 3 is 2.50 bits per heavy atom. The summed E-state index contributed by atoms with van der Waals surface area (Å²) >= 11 is 5.87. The Hall–Kier alpha value is -2.00. The average molecular weight is 263 g/mol. The molecule has 0 atom stereocenters. The van der Waals surface area contributed by atoms with Gasteiger partial charge in [-0.05, 0) is 53.9 Å². The van der Waals surface area contributed by atoms with E-state index in [9.17, 15) is 9.90 Å². The third kappa shape index (κ3) is 2.46. The maximum Gasteiger partial charge on any atom is 0.335 e. The number of phenols is 1. The summed E-state index contributed by atoms with van der Waals surface area (Å²) < 4.78 is 0. The van der Waals surface area contributed by atoms with Gasteiger partial charge in [-0.2, -0.15) is 0 Å². The van der Waals surface area contributed by atoms with Crippen molar-refractivity contribution < 1.29 is 15.0 Å². The van der Waals surface area contributed by atoms with Gasteiger partial charge in [-0.15, -0.1) is 0 Å². The molecular weight excluding hydrogens is 252 g/mol. The predicted octanol–water partition coefficient (Wildman–Crippen LogP) is 3.72. The van der Waals surface area contributed by atoms with Gasteiger partial charge >= 0.3 is 5.97 Å². The van der Waals surface area contributed by atoms with Crippen LogP contribution in [0.3, 0.4) is 0 Å². The lowest BCUT2D eigenvalue weighted by Gasteiger charge is -2.08. The van der Waals surface area contributed by atoms with Crippen LogP contribution >= 0.6 is 11.6 Å². The fourth-order valence-corrected chi connectivity index (χ4v) is 2.07. The van der Waals surface area contributed by atoms with Crippen molar-refractivity contribution in [2.45, 2.75) is 6.92 Å². The normalized spacial score (nSPS) is 10.3. The fraction of sp³-hybridized carbons (Fsp3) is 0.0714. The highest BCUT2D eigenvalue weighted by atomic mass is 35.5. The van der Waals surface area contributed by atoms with Crippen LogP contribution in [0, 0.1) is 6.92 Å². The van der Waals surface area contributed by atoms with Crippen molar-refractivity contribution in [2.75, 3.05) is 0 Å². The molecule has 2 rings (SSSR count). The molecule has 2 N–H and O–H groups in total. The molecule has 0 radical (unpaired) electrons. The van der Waals surface area contributed by atoms with Crippen LogP contribution in [0.15, 0.2) is 36.4 Å². The van der Waals surface area contributed by atoms with Crippen molar-refractivity contribution in [3.05, 3.63) is 52.5 Å². The molecule has 0 saturated heterocycles. The number of hydrogen-bond donors (Lipinski definition) is 2. The first-order chi connectivity index (χ1) is 8.47. The molecule has 0 aromatic heterocycles. The lowest BCUT2D eigenvalue weighted by atomic mass is 9.98. The molecule has 0 heterocycles. The molecule has 0 bridgehead atoms. The van der Waals surface area contributed by atoms with Crippen LogP contribution in [0.5, 0.6) is 5.75 Å². The number of carbonyl (C=O) groups is 1. The zero-order chi connectivity index (χ0) is 13.3. The van der Waals surface area contributed by atoms with Gasteiger partial charge in [0.2, 0.25) is 0 Å². The standard InChI is InChI=1S/C14H11ClO3/c1-8-4-11(15)2-3-13(8)9-5-10(14(17)18)7-12(16)6-9/h2-7,16H,1H3,(H,17,18). The van der Waals surface area contributed by atoms with Gasteiger partial charge in [0.1, 0.15) is 5.75 Å². The van der Waals surface area contributed by atoms with Gasteiger partial charge in [0.25, 0.3) is 0 Å². The number of phenolic OH excluding ortho intramolecular Hbond substituents is 1. The Labute approximate surface area is 109 Å². The van der Waals surface area contributed by atoms with E-state index >= 15 is 0 Å². The number of rotatable bonds is 2. The summed E-state index contributed by atoms with van der Waals surface area (Å²) in [6, 6.07) is 9.60. The topological polar surface area (TPSA) is 57.5 Å². The van der Waals surface area contributed by atoms with Crippen LogP contribution in [0.2, 0.25) is 5.02 Å². The van der Waals surface area contributed by atoms with E-state index in [-0.39, 0.29) is 11.3 Å². The third-order valence-corrected chi connectivity index (χ3v) is 2.90. The summed E-state index contributed by atoms with van der Waals surface area (Å²) in [5, 5.41) is 19.1. The molecule has 18 heavy (non-hydrogen) atoms. The maximum absolute atomic E-state index is 10.9. The molecular formula is C14H11ClO3. The predicted molar refractivity (Wildman–Crippen MR) is 70.2 cm³/mol. The minimum atomic E-state index is -1.07. The Bertz CT molecular complexity index is 620. The van der Waals surface area contributed by atoms with E-state index in [0.717, 1.165) is 11.1 Å². The Morgan fingerprint density at radius 1 is 1.17 bits per heavy atom. The molecule has 0 amide bonds. The molecule has 2 aromatic carbocycles. The number of halogens is 1. The largest absolute Gasteiger partial charge is 0.508 e. The minimum absolute atomic E-state index is 0.0550. The van der Waals surface area contributed by atoms with Crippen molar-refractivity contribution in [2.24, 2.45) is 0 Å². The lowest BCUT2D eigenvalue weighted by Crippen LogP contribution is -1.96. The lowest BCUT2D eigenvalue weighted by molar-refractivity contribution is 0.0696.